The van der Waals surface area contributed by atoms with E-state index in [1.165, 1.54) is 11.1 Å². The second kappa shape index (κ2) is 6.01. The first-order valence-electron chi connectivity index (χ1n) is 6.74. The standard InChI is InChI=1S/C15H22N2O/c1-11(2)13-5-3-12(4-6-13)9-16-10-14-7-8-15(18)17-14/h3-6,11,14,16H,7-10H2,1-2H3,(H,17,18)/t14-/m0/s1. The van der Waals surface area contributed by atoms with Crippen molar-refractivity contribution >= 4 is 5.91 Å². The molecule has 1 atom stereocenters. The Balaban J connectivity index is 1.74. The molecule has 0 unspecified atom stereocenters. The van der Waals surface area contributed by atoms with E-state index >= 15 is 0 Å². The van der Waals surface area contributed by atoms with Gasteiger partial charge in [0.1, 0.15) is 0 Å². The third-order valence-electron chi connectivity index (χ3n) is 3.45. The molecule has 1 aromatic carbocycles. The Morgan fingerprint density at radius 2 is 2.06 bits per heavy atom. The summed E-state index contributed by atoms with van der Waals surface area (Å²) in [5, 5.41) is 6.36. The molecular weight excluding hydrogens is 224 g/mol. The highest BCUT2D eigenvalue weighted by Gasteiger charge is 2.19. The summed E-state index contributed by atoms with van der Waals surface area (Å²) >= 11 is 0. The van der Waals surface area contributed by atoms with Gasteiger partial charge in [0.05, 0.1) is 0 Å². The number of rotatable bonds is 5. The molecule has 3 nitrogen and oxygen atoms in total. The molecule has 2 rings (SSSR count). The lowest BCUT2D eigenvalue weighted by molar-refractivity contribution is -0.119. The van der Waals surface area contributed by atoms with Crippen molar-refractivity contribution in [1.29, 1.82) is 0 Å². The maximum atomic E-state index is 11.0. The molecule has 0 radical (unpaired) electrons. The summed E-state index contributed by atoms with van der Waals surface area (Å²) in [6, 6.07) is 9.05. The van der Waals surface area contributed by atoms with E-state index in [1.807, 2.05) is 0 Å². The zero-order chi connectivity index (χ0) is 13.0. The van der Waals surface area contributed by atoms with Gasteiger partial charge in [-0.25, -0.2) is 0 Å². The summed E-state index contributed by atoms with van der Waals surface area (Å²) in [5.41, 5.74) is 2.67. The highest BCUT2D eigenvalue weighted by Crippen LogP contribution is 2.14. The van der Waals surface area contributed by atoms with E-state index in [2.05, 4.69) is 48.7 Å². The Morgan fingerprint density at radius 1 is 1.33 bits per heavy atom. The topological polar surface area (TPSA) is 41.1 Å². The van der Waals surface area contributed by atoms with E-state index in [0.717, 1.165) is 19.5 Å². The Morgan fingerprint density at radius 3 is 2.61 bits per heavy atom. The van der Waals surface area contributed by atoms with Crippen molar-refractivity contribution in [2.45, 2.75) is 45.2 Å². The molecule has 18 heavy (non-hydrogen) atoms. The number of carbonyl (C=O) groups is 1. The van der Waals surface area contributed by atoms with Crippen molar-refractivity contribution in [3.8, 4) is 0 Å². The summed E-state index contributed by atoms with van der Waals surface area (Å²) in [4.78, 5) is 11.0. The average Bonchev–Trinajstić information content (AvgIpc) is 2.76. The second-order valence-electron chi connectivity index (χ2n) is 5.33. The fourth-order valence-electron chi connectivity index (χ4n) is 2.24. The SMILES string of the molecule is CC(C)c1ccc(CNC[C@@H]2CCC(=O)N2)cc1. The number of hydrogen-bond donors (Lipinski definition) is 2. The predicted octanol–water partition coefficient (Wildman–Crippen LogP) is 2.18. The van der Waals surface area contributed by atoms with E-state index < -0.39 is 0 Å². The molecule has 1 aromatic rings. The summed E-state index contributed by atoms with van der Waals surface area (Å²) < 4.78 is 0. The van der Waals surface area contributed by atoms with Gasteiger partial charge in [-0.2, -0.15) is 0 Å². The van der Waals surface area contributed by atoms with Gasteiger partial charge in [0, 0.05) is 25.6 Å². The minimum Gasteiger partial charge on any atom is -0.352 e. The Kier molecular flexibility index (Phi) is 4.37. The van der Waals surface area contributed by atoms with Crippen molar-refractivity contribution in [2.24, 2.45) is 0 Å². The number of amides is 1. The van der Waals surface area contributed by atoms with Gasteiger partial charge >= 0.3 is 0 Å². The maximum Gasteiger partial charge on any atom is 0.220 e. The summed E-state index contributed by atoms with van der Waals surface area (Å²) in [6.45, 7) is 6.13. The molecule has 1 aliphatic rings. The zero-order valence-electron chi connectivity index (χ0n) is 11.2. The highest BCUT2D eigenvalue weighted by atomic mass is 16.1. The van der Waals surface area contributed by atoms with Crippen molar-refractivity contribution in [2.75, 3.05) is 6.54 Å². The van der Waals surface area contributed by atoms with Crippen LogP contribution in [0.15, 0.2) is 24.3 Å². The number of carbonyl (C=O) groups excluding carboxylic acids is 1. The van der Waals surface area contributed by atoms with Crippen molar-refractivity contribution in [3.63, 3.8) is 0 Å². The number of hydrogen-bond acceptors (Lipinski definition) is 2. The van der Waals surface area contributed by atoms with Crippen LogP contribution in [0.5, 0.6) is 0 Å². The number of benzene rings is 1. The van der Waals surface area contributed by atoms with E-state index in [9.17, 15) is 4.79 Å². The molecular formula is C15H22N2O. The van der Waals surface area contributed by atoms with E-state index in [-0.39, 0.29) is 5.91 Å². The van der Waals surface area contributed by atoms with Gasteiger partial charge in [0.25, 0.3) is 0 Å². The molecule has 1 heterocycles. The molecule has 0 bridgehead atoms. The first-order chi connectivity index (χ1) is 8.65. The third-order valence-corrected chi connectivity index (χ3v) is 3.45. The first kappa shape index (κ1) is 13.1. The van der Waals surface area contributed by atoms with Gasteiger partial charge < -0.3 is 10.6 Å². The van der Waals surface area contributed by atoms with Crippen LogP contribution in [-0.4, -0.2) is 18.5 Å². The molecule has 0 saturated carbocycles. The number of nitrogens with one attached hydrogen (secondary N) is 2. The summed E-state index contributed by atoms with van der Waals surface area (Å²) in [6.07, 6.45) is 1.63. The van der Waals surface area contributed by atoms with Crippen molar-refractivity contribution < 1.29 is 4.79 Å². The van der Waals surface area contributed by atoms with Crippen LogP contribution < -0.4 is 10.6 Å². The Bertz CT molecular complexity index is 397. The molecule has 1 aliphatic heterocycles. The Hall–Kier alpha value is -1.35. The van der Waals surface area contributed by atoms with Gasteiger partial charge in [0.15, 0.2) is 0 Å². The molecule has 0 aliphatic carbocycles. The van der Waals surface area contributed by atoms with Crippen LogP contribution >= 0.6 is 0 Å². The lowest BCUT2D eigenvalue weighted by atomic mass is 10.0. The monoisotopic (exact) mass is 246 g/mol. The quantitative estimate of drug-likeness (QED) is 0.836. The van der Waals surface area contributed by atoms with Crippen molar-refractivity contribution in [3.05, 3.63) is 35.4 Å². The molecule has 1 fully saturated rings. The van der Waals surface area contributed by atoms with Gasteiger partial charge in [-0.3, -0.25) is 4.79 Å². The minimum atomic E-state index is 0.183. The molecule has 2 N–H and O–H groups in total. The van der Waals surface area contributed by atoms with Crippen LogP contribution in [0.1, 0.15) is 43.7 Å². The van der Waals surface area contributed by atoms with Gasteiger partial charge in [-0.15, -0.1) is 0 Å². The fourth-order valence-corrected chi connectivity index (χ4v) is 2.24. The predicted molar refractivity (Wildman–Crippen MR) is 73.4 cm³/mol. The maximum absolute atomic E-state index is 11.0. The average molecular weight is 246 g/mol. The van der Waals surface area contributed by atoms with Gasteiger partial charge in [-0.1, -0.05) is 38.1 Å². The highest BCUT2D eigenvalue weighted by molar-refractivity contribution is 5.78. The molecule has 3 heteroatoms. The van der Waals surface area contributed by atoms with Crippen LogP contribution in [0.4, 0.5) is 0 Å². The summed E-state index contributed by atoms with van der Waals surface area (Å²) in [7, 11) is 0. The van der Waals surface area contributed by atoms with E-state index in [1.54, 1.807) is 0 Å². The third kappa shape index (κ3) is 3.57. The van der Waals surface area contributed by atoms with Crippen LogP contribution in [-0.2, 0) is 11.3 Å². The fraction of sp³-hybridized carbons (Fsp3) is 0.533. The van der Waals surface area contributed by atoms with E-state index in [4.69, 9.17) is 0 Å². The lowest BCUT2D eigenvalue weighted by Gasteiger charge is -2.12. The normalized spacial score (nSPS) is 19.3. The second-order valence-corrected chi connectivity index (χ2v) is 5.33. The largest absolute Gasteiger partial charge is 0.352 e. The molecule has 1 saturated heterocycles. The van der Waals surface area contributed by atoms with Gasteiger partial charge in [0.2, 0.25) is 5.91 Å². The molecule has 1 amide bonds. The summed E-state index contributed by atoms with van der Waals surface area (Å²) in [5.74, 6) is 0.767. The van der Waals surface area contributed by atoms with Crippen LogP contribution in [0.3, 0.4) is 0 Å². The van der Waals surface area contributed by atoms with E-state index in [0.29, 0.717) is 18.4 Å². The first-order valence-corrected chi connectivity index (χ1v) is 6.74. The minimum absolute atomic E-state index is 0.183. The molecule has 0 spiro atoms. The van der Waals surface area contributed by atoms with Crippen LogP contribution in [0.25, 0.3) is 0 Å². The smallest absolute Gasteiger partial charge is 0.220 e. The molecule has 0 aromatic heterocycles. The molecule has 98 valence electrons. The lowest BCUT2D eigenvalue weighted by Crippen LogP contribution is -2.35. The zero-order valence-corrected chi connectivity index (χ0v) is 11.2. The van der Waals surface area contributed by atoms with Crippen molar-refractivity contribution in [1.82, 2.24) is 10.6 Å². The van der Waals surface area contributed by atoms with Crippen LogP contribution in [0, 0.1) is 0 Å². The van der Waals surface area contributed by atoms with Crippen LogP contribution in [0.2, 0.25) is 0 Å². The Labute approximate surface area is 109 Å². The van der Waals surface area contributed by atoms with Gasteiger partial charge in [-0.05, 0) is 23.5 Å².